The molecule has 2 aliphatic rings. The Bertz CT molecular complexity index is 2670. The van der Waals surface area contributed by atoms with E-state index in [1.165, 1.54) is 34.1 Å². The zero-order valence-electron chi connectivity index (χ0n) is 26.8. The molecule has 5 nitrogen and oxygen atoms in total. The first kappa shape index (κ1) is 27.9. The van der Waals surface area contributed by atoms with Gasteiger partial charge in [-0.05, 0) is 82.3 Å². The number of para-hydroxylation sites is 1. The number of furan rings is 1. The lowest BCUT2D eigenvalue weighted by Crippen LogP contribution is -2.29. The average Bonchev–Trinajstić information content (AvgIpc) is 3.67. The van der Waals surface area contributed by atoms with Gasteiger partial charge in [-0.1, -0.05) is 104 Å². The summed E-state index contributed by atoms with van der Waals surface area (Å²) in [6.45, 7) is 0. The summed E-state index contributed by atoms with van der Waals surface area (Å²) >= 11 is 0. The molecule has 2 heterocycles. The van der Waals surface area contributed by atoms with E-state index in [9.17, 15) is 5.26 Å². The van der Waals surface area contributed by atoms with Crippen molar-refractivity contribution in [2.24, 2.45) is 0 Å². The van der Waals surface area contributed by atoms with Gasteiger partial charge in [-0.2, -0.15) is 5.26 Å². The Morgan fingerprint density at radius 3 is 2.04 bits per heavy atom. The molecule has 5 heteroatoms. The molecule has 49 heavy (non-hydrogen) atoms. The van der Waals surface area contributed by atoms with Crippen LogP contribution in [-0.4, -0.2) is 15.0 Å². The minimum Gasteiger partial charge on any atom is -0.456 e. The van der Waals surface area contributed by atoms with Gasteiger partial charge in [0, 0.05) is 32.9 Å². The molecule has 0 aliphatic heterocycles. The number of rotatable bonds is 3. The summed E-state index contributed by atoms with van der Waals surface area (Å²) in [5.41, 5.74) is 9.94. The van der Waals surface area contributed by atoms with Gasteiger partial charge in [0.05, 0.1) is 11.6 Å². The van der Waals surface area contributed by atoms with Crippen LogP contribution in [0.2, 0.25) is 0 Å². The smallest absolute Gasteiger partial charge is 0.164 e. The molecule has 10 rings (SSSR count). The van der Waals surface area contributed by atoms with Crippen molar-refractivity contribution in [1.82, 2.24) is 15.0 Å². The number of benzene rings is 6. The van der Waals surface area contributed by atoms with Crippen LogP contribution in [0, 0.1) is 11.3 Å². The van der Waals surface area contributed by atoms with Gasteiger partial charge in [0.1, 0.15) is 11.2 Å². The fraction of sp³-hybridized carbons (Fsp3) is 0.136. The molecule has 2 aliphatic carbocycles. The molecule has 0 bridgehead atoms. The average molecular weight is 631 g/mol. The van der Waals surface area contributed by atoms with Crippen LogP contribution in [0.1, 0.15) is 48.8 Å². The van der Waals surface area contributed by atoms with E-state index >= 15 is 0 Å². The summed E-state index contributed by atoms with van der Waals surface area (Å²) in [6.07, 6.45) is 5.60. The molecule has 0 N–H and O–H groups in total. The van der Waals surface area contributed by atoms with Crippen LogP contribution in [0.15, 0.2) is 126 Å². The summed E-state index contributed by atoms with van der Waals surface area (Å²) in [5.74, 6) is 1.85. The Kier molecular flexibility index (Phi) is 6.10. The molecular weight excluding hydrogens is 601 g/mol. The highest BCUT2D eigenvalue weighted by atomic mass is 16.3. The van der Waals surface area contributed by atoms with E-state index in [-0.39, 0.29) is 5.41 Å². The molecule has 0 amide bonds. The van der Waals surface area contributed by atoms with Gasteiger partial charge in [0.15, 0.2) is 17.5 Å². The molecular formula is C44H30N4O. The lowest BCUT2D eigenvalue weighted by Gasteiger charge is -2.36. The summed E-state index contributed by atoms with van der Waals surface area (Å²) < 4.78 is 6.26. The van der Waals surface area contributed by atoms with Gasteiger partial charge < -0.3 is 4.42 Å². The van der Waals surface area contributed by atoms with Crippen molar-refractivity contribution >= 4 is 32.7 Å². The van der Waals surface area contributed by atoms with Crippen molar-refractivity contribution in [3.8, 4) is 51.4 Å². The Morgan fingerprint density at radius 2 is 1.22 bits per heavy atom. The number of nitrogens with zero attached hydrogens (tertiary/aromatic N) is 4. The SMILES string of the molecule is N#Cc1cccc2c1C1(CCCCC1)c1cc(-c3nc(-c4ccc5ccccc5c4)nc(-c4ccc5c(c4)oc4ccccc45)n3)ccc1-2. The Hall–Kier alpha value is -6.12. The maximum absolute atomic E-state index is 10.2. The molecule has 6 aromatic carbocycles. The van der Waals surface area contributed by atoms with Crippen molar-refractivity contribution in [3.63, 3.8) is 0 Å². The van der Waals surface area contributed by atoms with Crippen LogP contribution in [-0.2, 0) is 5.41 Å². The zero-order valence-corrected chi connectivity index (χ0v) is 26.8. The van der Waals surface area contributed by atoms with Crippen molar-refractivity contribution < 1.29 is 4.42 Å². The molecule has 0 radical (unpaired) electrons. The standard InChI is InChI=1S/C44H30N4O/c45-26-32-11-8-13-36-33-19-17-30(24-37(33)44(40(32)36)21-6-1-7-22-44)42-46-41(29-16-15-27-9-2-3-10-28(27)23-29)47-43(48-42)31-18-20-35-34-12-4-5-14-38(34)49-39(35)25-31/h2-5,8-20,23-25H,1,6-7,21-22H2. The number of hydrogen-bond donors (Lipinski definition) is 0. The van der Waals surface area contributed by atoms with E-state index in [1.54, 1.807) is 0 Å². The second-order valence-corrected chi connectivity index (χ2v) is 13.4. The van der Waals surface area contributed by atoms with Gasteiger partial charge in [-0.15, -0.1) is 0 Å². The van der Waals surface area contributed by atoms with Gasteiger partial charge >= 0.3 is 0 Å². The lowest BCUT2D eigenvalue weighted by atomic mass is 9.66. The van der Waals surface area contributed by atoms with Gasteiger partial charge in [-0.25, -0.2) is 15.0 Å². The van der Waals surface area contributed by atoms with Crippen molar-refractivity contribution in [1.29, 1.82) is 5.26 Å². The quantitative estimate of drug-likeness (QED) is 0.194. The zero-order chi connectivity index (χ0) is 32.5. The normalized spacial score (nSPS) is 14.7. The molecule has 2 aromatic heterocycles. The first-order chi connectivity index (χ1) is 24.2. The maximum Gasteiger partial charge on any atom is 0.164 e. The lowest BCUT2D eigenvalue weighted by molar-refractivity contribution is 0.352. The number of fused-ring (bicyclic) bond motifs is 9. The van der Waals surface area contributed by atoms with E-state index in [1.807, 2.05) is 36.4 Å². The summed E-state index contributed by atoms with van der Waals surface area (Å²) in [5, 5.41) is 14.7. The monoisotopic (exact) mass is 630 g/mol. The second-order valence-electron chi connectivity index (χ2n) is 13.4. The summed E-state index contributed by atoms with van der Waals surface area (Å²) in [7, 11) is 0. The fourth-order valence-electron chi connectivity index (χ4n) is 8.47. The third kappa shape index (κ3) is 4.27. The minimum atomic E-state index is -0.172. The van der Waals surface area contributed by atoms with Crippen molar-refractivity contribution in [3.05, 3.63) is 138 Å². The molecule has 1 fully saturated rings. The molecule has 0 atom stereocenters. The summed E-state index contributed by atoms with van der Waals surface area (Å²) in [4.78, 5) is 15.4. The Labute approximate surface area is 283 Å². The first-order valence-electron chi connectivity index (χ1n) is 17.0. The fourth-order valence-corrected chi connectivity index (χ4v) is 8.47. The van der Waals surface area contributed by atoms with Crippen molar-refractivity contribution in [2.75, 3.05) is 0 Å². The highest BCUT2D eigenvalue weighted by Gasteiger charge is 2.45. The minimum absolute atomic E-state index is 0.172. The number of nitriles is 1. The predicted octanol–water partition coefficient (Wildman–Crippen LogP) is 11.0. The van der Waals surface area contributed by atoms with E-state index in [0.29, 0.717) is 17.5 Å². The van der Waals surface area contributed by atoms with E-state index in [0.717, 1.165) is 75.3 Å². The van der Waals surface area contributed by atoms with Crippen LogP contribution in [0.25, 0.3) is 78.0 Å². The highest BCUT2D eigenvalue weighted by Crippen LogP contribution is 2.57. The van der Waals surface area contributed by atoms with Gasteiger partial charge in [-0.3, -0.25) is 0 Å². The number of hydrogen-bond acceptors (Lipinski definition) is 5. The largest absolute Gasteiger partial charge is 0.456 e. The predicted molar refractivity (Wildman–Crippen MR) is 195 cm³/mol. The van der Waals surface area contributed by atoms with Crippen LogP contribution < -0.4 is 0 Å². The van der Waals surface area contributed by atoms with Gasteiger partial charge in [0.2, 0.25) is 0 Å². The second kappa shape index (κ2) is 10.7. The maximum atomic E-state index is 10.2. The first-order valence-corrected chi connectivity index (χ1v) is 17.0. The third-order valence-corrected chi connectivity index (χ3v) is 10.7. The van der Waals surface area contributed by atoms with Crippen LogP contribution in [0.5, 0.6) is 0 Å². The van der Waals surface area contributed by atoms with E-state index in [4.69, 9.17) is 19.4 Å². The molecule has 1 saturated carbocycles. The third-order valence-electron chi connectivity index (χ3n) is 10.7. The molecule has 1 spiro atoms. The van der Waals surface area contributed by atoms with Gasteiger partial charge in [0.25, 0.3) is 0 Å². The molecule has 8 aromatic rings. The molecule has 0 unspecified atom stereocenters. The van der Waals surface area contributed by atoms with Crippen LogP contribution >= 0.6 is 0 Å². The van der Waals surface area contributed by atoms with Crippen molar-refractivity contribution in [2.45, 2.75) is 37.5 Å². The highest BCUT2D eigenvalue weighted by molar-refractivity contribution is 6.05. The Balaban J connectivity index is 1.18. The van der Waals surface area contributed by atoms with E-state index in [2.05, 4.69) is 91.0 Å². The number of aromatic nitrogens is 3. The van der Waals surface area contributed by atoms with Crippen LogP contribution in [0.4, 0.5) is 0 Å². The Morgan fingerprint density at radius 1 is 0.551 bits per heavy atom. The topological polar surface area (TPSA) is 75.6 Å². The summed E-state index contributed by atoms with van der Waals surface area (Å²) in [6, 6.07) is 44.4. The van der Waals surface area contributed by atoms with Crippen LogP contribution in [0.3, 0.4) is 0 Å². The van der Waals surface area contributed by atoms with E-state index < -0.39 is 0 Å². The molecule has 0 saturated heterocycles. The molecule has 232 valence electrons.